The smallest absolute Gasteiger partial charge is 0.337 e. The Balaban J connectivity index is 2.10. The first-order valence-corrected chi connectivity index (χ1v) is 7.79. The number of benzene rings is 2. The molecule has 0 spiro atoms. The molecule has 1 N–H and O–H groups in total. The summed E-state index contributed by atoms with van der Waals surface area (Å²) < 4.78 is 20.5. The zero-order valence-corrected chi connectivity index (χ0v) is 15.1. The van der Waals surface area contributed by atoms with Crippen LogP contribution in [-0.2, 0) is 11.3 Å². The molecular weight excluding hydrogens is 338 g/mol. The topological polar surface area (TPSA) is 83.1 Å². The molecule has 2 aromatic rings. The summed E-state index contributed by atoms with van der Waals surface area (Å²) in [4.78, 5) is 23.7. The van der Waals surface area contributed by atoms with E-state index in [1.54, 1.807) is 36.4 Å². The number of carbonyl (C=O) groups is 2. The van der Waals surface area contributed by atoms with Crippen molar-refractivity contribution in [3.05, 3.63) is 53.1 Å². The molecule has 0 bridgehead atoms. The maximum atomic E-state index is 12.3. The first-order valence-electron chi connectivity index (χ1n) is 7.79. The van der Waals surface area contributed by atoms with Gasteiger partial charge in [-0.3, -0.25) is 4.79 Å². The third-order valence-electron chi connectivity index (χ3n) is 3.75. The summed E-state index contributed by atoms with van der Waals surface area (Å²) in [6, 6.07) is 9.75. The van der Waals surface area contributed by atoms with E-state index < -0.39 is 5.97 Å². The fourth-order valence-electron chi connectivity index (χ4n) is 2.40. The summed E-state index contributed by atoms with van der Waals surface area (Å²) in [6.45, 7) is 0.272. The van der Waals surface area contributed by atoms with Crippen LogP contribution < -0.4 is 19.5 Å². The van der Waals surface area contributed by atoms with E-state index in [4.69, 9.17) is 14.2 Å². The van der Waals surface area contributed by atoms with E-state index in [1.807, 2.05) is 0 Å². The molecule has 26 heavy (non-hydrogen) atoms. The molecule has 2 rings (SSSR count). The minimum atomic E-state index is -0.450. The van der Waals surface area contributed by atoms with Crippen molar-refractivity contribution in [1.82, 2.24) is 5.32 Å². The van der Waals surface area contributed by atoms with Crippen molar-refractivity contribution < 1.29 is 28.5 Å². The Morgan fingerprint density at radius 1 is 0.846 bits per heavy atom. The van der Waals surface area contributed by atoms with E-state index in [0.717, 1.165) is 5.56 Å². The van der Waals surface area contributed by atoms with Gasteiger partial charge in [-0.15, -0.1) is 0 Å². The van der Waals surface area contributed by atoms with Gasteiger partial charge in [0, 0.05) is 12.1 Å². The van der Waals surface area contributed by atoms with Crippen LogP contribution in [0.25, 0.3) is 0 Å². The summed E-state index contributed by atoms with van der Waals surface area (Å²) in [6.07, 6.45) is 0. The molecule has 0 aliphatic carbocycles. The molecule has 0 aliphatic rings. The molecule has 0 saturated heterocycles. The van der Waals surface area contributed by atoms with Gasteiger partial charge in [0.1, 0.15) is 0 Å². The Labute approximate surface area is 151 Å². The molecule has 0 heterocycles. The third-order valence-corrected chi connectivity index (χ3v) is 3.75. The lowest BCUT2D eigenvalue weighted by Crippen LogP contribution is -2.23. The highest BCUT2D eigenvalue weighted by atomic mass is 16.5. The molecule has 0 unspecified atom stereocenters. The van der Waals surface area contributed by atoms with E-state index in [2.05, 4.69) is 10.1 Å². The first kappa shape index (κ1) is 19.1. The van der Waals surface area contributed by atoms with Gasteiger partial charge in [0.05, 0.1) is 34.0 Å². The van der Waals surface area contributed by atoms with Gasteiger partial charge in [-0.05, 0) is 42.0 Å². The fraction of sp³-hybridized carbons (Fsp3) is 0.263. The maximum absolute atomic E-state index is 12.3. The largest absolute Gasteiger partial charge is 0.493 e. The van der Waals surface area contributed by atoms with Crippen LogP contribution in [0, 0.1) is 0 Å². The average Bonchev–Trinajstić information content (AvgIpc) is 2.70. The first-order chi connectivity index (χ1) is 12.5. The number of hydrogen-bond acceptors (Lipinski definition) is 6. The number of carbonyl (C=O) groups excluding carboxylic acids is 2. The zero-order valence-electron chi connectivity index (χ0n) is 15.1. The number of amides is 1. The van der Waals surface area contributed by atoms with Gasteiger partial charge >= 0.3 is 5.97 Å². The number of methoxy groups -OCH3 is 4. The molecule has 0 saturated carbocycles. The number of nitrogens with one attached hydrogen (secondary N) is 1. The van der Waals surface area contributed by atoms with Crippen molar-refractivity contribution >= 4 is 11.9 Å². The molecule has 7 nitrogen and oxygen atoms in total. The second-order valence-electron chi connectivity index (χ2n) is 5.29. The monoisotopic (exact) mass is 359 g/mol. The highest BCUT2D eigenvalue weighted by Crippen LogP contribution is 2.38. The maximum Gasteiger partial charge on any atom is 0.337 e. The van der Waals surface area contributed by atoms with Crippen molar-refractivity contribution in [2.75, 3.05) is 28.4 Å². The molecule has 1 amide bonds. The van der Waals surface area contributed by atoms with Gasteiger partial charge in [0.2, 0.25) is 5.75 Å². The number of hydrogen-bond donors (Lipinski definition) is 1. The summed E-state index contributed by atoms with van der Waals surface area (Å²) in [5.41, 5.74) is 1.61. The zero-order chi connectivity index (χ0) is 19.1. The van der Waals surface area contributed by atoms with Gasteiger partial charge in [0.25, 0.3) is 5.91 Å². The molecule has 0 atom stereocenters. The third kappa shape index (κ3) is 4.24. The summed E-state index contributed by atoms with van der Waals surface area (Å²) in [5.74, 6) is 0.796. The van der Waals surface area contributed by atoms with Crippen molar-refractivity contribution in [2.24, 2.45) is 0 Å². The minimum Gasteiger partial charge on any atom is -0.493 e. The highest BCUT2D eigenvalue weighted by molar-refractivity contribution is 5.96. The van der Waals surface area contributed by atoms with Crippen molar-refractivity contribution in [3.8, 4) is 17.2 Å². The van der Waals surface area contributed by atoms with Crippen molar-refractivity contribution in [1.29, 1.82) is 0 Å². The molecule has 7 heteroatoms. The van der Waals surface area contributed by atoms with E-state index in [-0.39, 0.29) is 12.5 Å². The Bertz CT molecular complexity index is 760. The summed E-state index contributed by atoms with van der Waals surface area (Å²) in [5, 5.41) is 2.81. The SMILES string of the molecule is COC(=O)c1ccc(C(=O)NCc2cc(OC)c(OC)c(OC)c2)cc1. The van der Waals surface area contributed by atoms with Gasteiger partial charge in [-0.2, -0.15) is 0 Å². The molecule has 2 aromatic carbocycles. The van der Waals surface area contributed by atoms with Crippen LogP contribution in [-0.4, -0.2) is 40.3 Å². The molecular formula is C19H21NO6. The Morgan fingerprint density at radius 2 is 1.38 bits per heavy atom. The van der Waals surface area contributed by atoms with E-state index in [1.165, 1.54) is 28.4 Å². The fourth-order valence-corrected chi connectivity index (χ4v) is 2.40. The normalized spacial score (nSPS) is 10.0. The van der Waals surface area contributed by atoms with Crippen LogP contribution in [0.2, 0.25) is 0 Å². The molecule has 0 aromatic heterocycles. The summed E-state index contributed by atoms with van der Waals surface area (Å²) >= 11 is 0. The summed E-state index contributed by atoms with van der Waals surface area (Å²) in [7, 11) is 5.89. The lowest BCUT2D eigenvalue weighted by molar-refractivity contribution is 0.0600. The van der Waals surface area contributed by atoms with Gasteiger partial charge < -0.3 is 24.3 Å². The Hall–Kier alpha value is -3.22. The second-order valence-corrected chi connectivity index (χ2v) is 5.29. The van der Waals surface area contributed by atoms with E-state index >= 15 is 0 Å². The van der Waals surface area contributed by atoms with Crippen molar-refractivity contribution in [2.45, 2.75) is 6.54 Å². The van der Waals surface area contributed by atoms with Crippen LogP contribution in [0.3, 0.4) is 0 Å². The lowest BCUT2D eigenvalue weighted by Gasteiger charge is -2.14. The van der Waals surface area contributed by atoms with Crippen LogP contribution >= 0.6 is 0 Å². The Kier molecular flexibility index (Phi) is 6.43. The van der Waals surface area contributed by atoms with Crippen LogP contribution in [0.1, 0.15) is 26.3 Å². The highest BCUT2D eigenvalue weighted by Gasteiger charge is 2.14. The molecule has 138 valence electrons. The van der Waals surface area contributed by atoms with E-state index in [9.17, 15) is 9.59 Å². The average molecular weight is 359 g/mol. The second kappa shape index (κ2) is 8.75. The predicted octanol–water partition coefficient (Wildman–Crippen LogP) is 2.43. The Morgan fingerprint density at radius 3 is 1.85 bits per heavy atom. The van der Waals surface area contributed by atoms with Crippen molar-refractivity contribution in [3.63, 3.8) is 0 Å². The standard InChI is InChI=1S/C19H21NO6/c1-23-15-9-12(10-16(24-2)17(15)25-3)11-20-18(21)13-5-7-14(8-6-13)19(22)26-4/h5-10H,11H2,1-4H3,(H,20,21). The van der Waals surface area contributed by atoms with Gasteiger partial charge in [-0.25, -0.2) is 4.79 Å². The van der Waals surface area contributed by atoms with Gasteiger partial charge in [0.15, 0.2) is 11.5 Å². The number of rotatable bonds is 7. The molecule has 0 radical (unpaired) electrons. The van der Waals surface area contributed by atoms with E-state index in [0.29, 0.717) is 28.4 Å². The number of esters is 1. The minimum absolute atomic E-state index is 0.268. The van der Waals surface area contributed by atoms with Crippen LogP contribution in [0.4, 0.5) is 0 Å². The van der Waals surface area contributed by atoms with Crippen LogP contribution in [0.15, 0.2) is 36.4 Å². The van der Waals surface area contributed by atoms with Gasteiger partial charge in [-0.1, -0.05) is 0 Å². The molecule has 0 fully saturated rings. The quantitative estimate of drug-likeness (QED) is 0.765. The van der Waals surface area contributed by atoms with Crippen LogP contribution in [0.5, 0.6) is 17.2 Å². The predicted molar refractivity (Wildman–Crippen MR) is 95.0 cm³/mol. The molecule has 0 aliphatic heterocycles. The lowest BCUT2D eigenvalue weighted by atomic mass is 10.1. The number of ether oxygens (including phenoxy) is 4.